The molecule has 0 aromatic carbocycles. The van der Waals surface area contributed by atoms with Crippen molar-refractivity contribution in [3.05, 3.63) is 28.2 Å². The topological polar surface area (TPSA) is 173 Å². The minimum Gasteiger partial charge on any atom is -0.477 e. The number of carbonyl (C=O) groups is 3. The van der Waals surface area contributed by atoms with Crippen LogP contribution in [0.2, 0.25) is 0 Å². The van der Waals surface area contributed by atoms with E-state index in [2.05, 4.69) is 29.7 Å². The lowest BCUT2D eigenvalue weighted by Crippen LogP contribution is -2.71. The van der Waals surface area contributed by atoms with Crippen LogP contribution in [0.5, 0.6) is 0 Å². The molecule has 1 unspecified atom stereocenters. The lowest BCUT2D eigenvalue weighted by molar-refractivity contribution is -0.150. The number of carbonyl (C=O) groups excluding carboxylic acids is 2. The third-order valence-corrected chi connectivity index (χ3v) is 8.64. The lowest BCUT2D eigenvalue weighted by atomic mass is 10.0. The van der Waals surface area contributed by atoms with E-state index in [0.29, 0.717) is 27.2 Å². The number of hydrogen-bond donors (Lipinski definition) is 3. The third-order valence-electron chi connectivity index (χ3n) is 4.62. The second-order valence-electron chi connectivity index (χ2n) is 6.89. The number of alkyl halides is 2. The van der Waals surface area contributed by atoms with Crippen molar-refractivity contribution in [2.75, 3.05) is 17.2 Å². The maximum atomic E-state index is 12.8. The summed E-state index contributed by atoms with van der Waals surface area (Å²) >= 11 is 4.73. The number of aryl methyl sites for hydroxylation is 1. The summed E-state index contributed by atoms with van der Waals surface area (Å²) in [5.41, 5.74) is 5.21. The number of aromatic nitrogens is 3. The van der Waals surface area contributed by atoms with Crippen LogP contribution in [-0.4, -0.2) is 77.4 Å². The SMILES string of the molecule is Cc1nsc(SCC2=C(C(=O)O)N3C(=O)C(NC(=O)C(=NOC(F)F)c4csc(N)n4)[C@@H]3SC2)n1. The van der Waals surface area contributed by atoms with Crippen LogP contribution in [0, 0.1) is 6.92 Å². The molecule has 2 atom stereocenters. The molecule has 0 aliphatic carbocycles. The van der Waals surface area contributed by atoms with E-state index in [1.807, 2.05) is 0 Å². The van der Waals surface area contributed by atoms with Crippen molar-refractivity contribution >= 4 is 75.0 Å². The number of thioether (sulfide) groups is 2. The first kappa shape index (κ1) is 25.3. The normalized spacial score (nSPS) is 20.1. The van der Waals surface area contributed by atoms with Gasteiger partial charge in [-0.15, -0.1) is 23.1 Å². The average molecular weight is 564 g/mol. The summed E-state index contributed by atoms with van der Waals surface area (Å²) in [6, 6.07) is -1.10. The zero-order valence-electron chi connectivity index (χ0n) is 17.5. The summed E-state index contributed by atoms with van der Waals surface area (Å²) in [5, 5.41) is 16.0. The molecule has 18 heteroatoms. The first-order valence-electron chi connectivity index (χ1n) is 9.53. The van der Waals surface area contributed by atoms with Gasteiger partial charge in [0.25, 0.3) is 11.8 Å². The summed E-state index contributed by atoms with van der Waals surface area (Å²) in [6.45, 7) is -1.54. The fourth-order valence-electron chi connectivity index (χ4n) is 3.18. The Balaban J connectivity index is 1.49. The maximum Gasteiger partial charge on any atom is 0.407 e. The minimum absolute atomic E-state index is 0.0663. The monoisotopic (exact) mass is 563 g/mol. The highest BCUT2D eigenvalue weighted by atomic mass is 32.2. The molecule has 35 heavy (non-hydrogen) atoms. The number of thiazole rings is 1. The smallest absolute Gasteiger partial charge is 0.407 e. The molecule has 1 saturated heterocycles. The van der Waals surface area contributed by atoms with E-state index in [4.69, 9.17) is 5.73 Å². The van der Waals surface area contributed by atoms with Crippen LogP contribution in [-0.2, 0) is 19.2 Å². The molecule has 4 N–H and O–H groups in total. The number of carboxylic acid groups (broad SMARTS) is 1. The van der Waals surface area contributed by atoms with Crippen LogP contribution in [0.4, 0.5) is 13.9 Å². The van der Waals surface area contributed by atoms with Gasteiger partial charge in [-0.1, -0.05) is 16.9 Å². The molecule has 2 aliphatic rings. The molecule has 0 radical (unpaired) electrons. The lowest BCUT2D eigenvalue weighted by Gasteiger charge is -2.49. The highest BCUT2D eigenvalue weighted by Gasteiger charge is 2.54. The largest absolute Gasteiger partial charge is 0.477 e. The Morgan fingerprint density at radius 2 is 2.23 bits per heavy atom. The van der Waals surface area contributed by atoms with Crippen LogP contribution in [0.3, 0.4) is 0 Å². The van der Waals surface area contributed by atoms with Gasteiger partial charge in [0.1, 0.15) is 28.6 Å². The van der Waals surface area contributed by atoms with Gasteiger partial charge >= 0.3 is 12.6 Å². The second kappa shape index (κ2) is 10.4. The molecular formula is C17H15F2N7O5S4. The molecule has 4 heterocycles. The van der Waals surface area contributed by atoms with Crippen molar-refractivity contribution < 1.29 is 33.1 Å². The van der Waals surface area contributed by atoms with E-state index in [-0.39, 0.29) is 16.5 Å². The van der Waals surface area contributed by atoms with E-state index >= 15 is 0 Å². The molecule has 186 valence electrons. The number of nitrogens with two attached hydrogens (primary N) is 1. The van der Waals surface area contributed by atoms with E-state index < -0.39 is 41.5 Å². The first-order chi connectivity index (χ1) is 16.7. The Kier molecular flexibility index (Phi) is 7.53. The number of aliphatic carboxylic acids is 1. The molecule has 2 aliphatic heterocycles. The van der Waals surface area contributed by atoms with E-state index in [0.717, 1.165) is 16.2 Å². The Hall–Kier alpha value is -2.83. The summed E-state index contributed by atoms with van der Waals surface area (Å²) < 4.78 is 29.7. The Labute approximate surface area is 212 Å². The van der Waals surface area contributed by atoms with Crippen molar-refractivity contribution in [1.29, 1.82) is 0 Å². The number of oxime groups is 1. The van der Waals surface area contributed by atoms with Crippen molar-refractivity contribution in [2.24, 2.45) is 5.16 Å². The number of carboxylic acids is 1. The Bertz CT molecular complexity index is 1230. The van der Waals surface area contributed by atoms with E-state index in [1.54, 1.807) is 6.92 Å². The summed E-state index contributed by atoms with van der Waals surface area (Å²) in [7, 11) is 0. The molecule has 4 rings (SSSR count). The summed E-state index contributed by atoms with van der Waals surface area (Å²) in [5.74, 6) is -1.72. The van der Waals surface area contributed by atoms with Crippen molar-refractivity contribution in [1.82, 2.24) is 24.6 Å². The quantitative estimate of drug-likeness (QED) is 0.174. The molecule has 0 bridgehead atoms. The number of β-lactam (4-membered cyclic amide) rings is 1. The standard InChI is InChI=1S/C17H15F2N7O5S4/c1-5-21-17(35-25-5)34-3-6-2-32-13-9(12(28)26(13)10(6)14(29)30)23-11(27)8(24-31-15(18)19)7-4-33-16(20)22-7/h4,9,13,15H,2-3H2,1H3,(H2,20,22)(H,23,27)(H,29,30)/t9?,13-/m0/s1. The van der Waals surface area contributed by atoms with Gasteiger partial charge in [-0.3, -0.25) is 14.5 Å². The molecule has 12 nitrogen and oxygen atoms in total. The van der Waals surface area contributed by atoms with Gasteiger partial charge in [0.15, 0.2) is 15.2 Å². The maximum absolute atomic E-state index is 12.8. The number of nitrogens with one attached hydrogen (secondary N) is 1. The van der Waals surface area contributed by atoms with Gasteiger partial charge < -0.3 is 21.0 Å². The number of rotatable bonds is 9. The summed E-state index contributed by atoms with van der Waals surface area (Å²) in [6.07, 6.45) is 0. The Morgan fingerprint density at radius 3 is 2.83 bits per heavy atom. The number of nitrogens with zero attached hydrogens (tertiary/aromatic N) is 5. The zero-order chi connectivity index (χ0) is 25.3. The number of amides is 2. The molecule has 0 spiro atoms. The number of nitrogen functional groups attached to an aromatic ring is 1. The average Bonchev–Trinajstić information content (AvgIpc) is 3.42. The van der Waals surface area contributed by atoms with Gasteiger partial charge in [0.05, 0.1) is 0 Å². The van der Waals surface area contributed by atoms with Crippen LogP contribution in [0.25, 0.3) is 0 Å². The molecule has 0 saturated carbocycles. The predicted molar refractivity (Wildman–Crippen MR) is 125 cm³/mol. The highest BCUT2D eigenvalue weighted by molar-refractivity contribution is 8.01. The number of halogens is 2. The van der Waals surface area contributed by atoms with Crippen molar-refractivity contribution in [3.8, 4) is 0 Å². The van der Waals surface area contributed by atoms with Gasteiger partial charge in [-0.25, -0.2) is 14.8 Å². The first-order valence-corrected chi connectivity index (χ1v) is 13.2. The number of fused-ring (bicyclic) bond motifs is 1. The number of hydrogen-bond acceptors (Lipinski definition) is 13. The minimum atomic E-state index is -3.29. The molecule has 2 aromatic heterocycles. The predicted octanol–water partition coefficient (Wildman–Crippen LogP) is 1.36. The van der Waals surface area contributed by atoms with Crippen molar-refractivity contribution in [3.63, 3.8) is 0 Å². The number of anilines is 1. The fourth-order valence-corrected chi connectivity index (χ4v) is 6.86. The van der Waals surface area contributed by atoms with Crippen molar-refractivity contribution in [2.45, 2.75) is 29.3 Å². The second-order valence-corrected chi connectivity index (χ2v) is 10.9. The molecule has 1 fully saturated rings. The van der Waals surface area contributed by atoms with Gasteiger partial charge in [0.2, 0.25) is 0 Å². The Morgan fingerprint density at radius 1 is 1.46 bits per heavy atom. The zero-order valence-corrected chi connectivity index (χ0v) is 20.8. The van der Waals surface area contributed by atoms with E-state index in [1.165, 1.54) is 40.4 Å². The fraction of sp³-hybridized carbons (Fsp3) is 0.353. The molecule has 2 amide bonds. The van der Waals surface area contributed by atoms with Crippen LogP contribution in [0.1, 0.15) is 11.5 Å². The van der Waals surface area contributed by atoms with Gasteiger partial charge in [-0.2, -0.15) is 13.2 Å². The van der Waals surface area contributed by atoms with Crippen LogP contribution >= 0.6 is 46.4 Å². The van der Waals surface area contributed by atoms with E-state index in [9.17, 15) is 28.3 Å². The molecule has 2 aromatic rings. The van der Waals surface area contributed by atoms with Gasteiger partial charge in [-0.05, 0) is 24.0 Å². The summed E-state index contributed by atoms with van der Waals surface area (Å²) in [4.78, 5) is 50.7. The molecular weight excluding hydrogens is 548 g/mol. The van der Waals surface area contributed by atoms with Gasteiger partial charge in [0, 0.05) is 16.9 Å². The highest BCUT2D eigenvalue weighted by Crippen LogP contribution is 2.41. The van der Waals surface area contributed by atoms with Crippen LogP contribution in [0.15, 0.2) is 26.1 Å². The van der Waals surface area contributed by atoms with Crippen LogP contribution < -0.4 is 11.1 Å². The third kappa shape index (κ3) is 5.39.